The van der Waals surface area contributed by atoms with Crippen molar-refractivity contribution in [1.29, 1.82) is 0 Å². The molecule has 18 nitrogen and oxygen atoms in total. The van der Waals surface area contributed by atoms with E-state index in [9.17, 15) is 64.2 Å². The molecule has 2 radical (unpaired) electrons. The van der Waals surface area contributed by atoms with Crippen molar-refractivity contribution < 1.29 is 165 Å². The van der Waals surface area contributed by atoms with Crippen molar-refractivity contribution in [1.82, 2.24) is 0 Å². The predicted molar refractivity (Wildman–Crippen MR) is 195 cm³/mol. The average molecular weight is 1210 g/mol. The maximum absolute atomic E-state index is 11.8. The molecule has 59 heavy (non-hydrogen) atoms. The Hall–Kier alpha value is -0.478. The van der Waals surface area contributed by atoms with Crippen LogP contribution in [0.2, 0.25) is 0 Å². The van der Waals surface area contributed by atoms with Crippen molar-refractivity contribution in [2.75, 3.05) is 0 Å². The van der Waals surface area contributed by atoms with Gasteiger partial charge in [-0.2, -0.15) is 0 Å². The van der Waals surface area contributed by atoms with Gasteiger partial charge in [0.15, 0.2) is 0 Å². The zero-order chi connectivity index (χ0) is 41.0. The van der Waals surface area contributed by atoms with Crippen molar-refractivity contribution in [3.05, 3.63) is 127 Å². The van der Waals surface area contributed by atoms with Crippen LogP contribution in [0.25, 0.3) is 0 Å². The molecule has 0 aliphatic rings. The van der Waals surface area contributed by atoms with Gasteiger partial charge in [0.25, 0.3) is 0 Å². The summed E-state index contributed by atoms with van der Waals surface area (Å²) >= 11 is -3.18. The Morgan fingerprint density at radius 3 is 1.10 bits per heavy atom. The van der Waals surface area contributed by atoms with Crippen LogP contribution in [0.1, 0.15) is 0 Å². The third-order valence-electron chi connectivity index (χ3n) is 6.16. The largest absolute Gasteiger partial charge is 3.00 e. The van der Waals surface area contributed by atoms with Crippen LogP contribution < -0.4 is 114 Å². The second-order valence-electron chi connectivity index (χ2n) is 9.81. The normalized spacial score (nSPS) is 10.8. The molecule has 0 fully saturated rings. The van der Waals surface area contributed by atoms with E-state index >= 15 is 0 Å². The van der Waals surface area contributed by atoms with Crippen LogP contribution in [-0.2, 0) is 88.6 Å². The molecule has 0 unspecified atom stereocenters. The second-order valence-corrected chi connectivity index (χ2v) is 20.3. The van der Waals surface area contributed by atoms with Crippen molar-refractivity contribution in [3.8, 4) is 17.2 Å². The van der Waals surface area contributed by atoms with E-state index < -0.39 is 98.4 Å². The fourth-order valence-corrected chi connectivity index (χ4v) is 12.2. The summed E-state index contributed by atoms with van der Waals surface area (Å²) in [4.78, 5) is -2.29. The van der Waals surface area contributed by atoms with Gasteiger partial charge in [0, 0.05) is 0 Å². The van der Waals surface area contributed by atoms with Crippen LogP contribution in [0.4, 0.5) is 0 Å². The summed E-state index contributed by atoms with van der Waals surface area (Å²) in [6, 6.07) is 28.9. The molecule has 0 N–H and O–H groups in total. The van der Waals surface area contributed by atoms with E-state index in [2.05, 4.69) is 12.5 Å². The fraction of sp³-hybridized carbons (Fsp3) is 0. The molecular weight excluding hydrogens is 1190 g/mol. The van der Waals surface area contributed by atoms with Gasteiger partial charge in [-0.25, -0.2) is 0 Å². The summed E-state index contributed by atoms with van der Waals surface area (Å²) in [6.07, 6.45) is 0. The van der Waals surface area contributed by atoms with Crippen LogP contribution in [0.5, 0.6) is 17.2 Å². The summed E-state index contributed by atoms with van der Waals surface area (Å²) in [5.74, 6) is -0.135. The minimum atomic E-state index is -5.28. The van der Waals surface area contributed by atoms with Gasteiger partial charge in [-0.15, -0.1) is 0 Å². The first-order valence-electron chi connectivity index (χ1n) is 14.1. The molecule has 0 atom stereocenters. The van der Waals surface area contributed by atoms with E-state index in [-0.39, 0.29) is 128 Å². The molecule has 0 bridgehead atoms. The first kappa shape index (κ1) is 60.6. The van der Waals surface area contributed by atoms with Crippen molar-refractivity contribution >= 4 is 117 Å². The molecule has 5 rings (SSSR count). The smallest absolute Gasteiger partial charge is 0.533 e. The Balaban J connectivity index is 0. The number of hydrogen-bond donors (Lipinski definition) is 0. The van der Waals surface area contributed by atoms with Gasteiger partial charge in [-0.3, -0.25) is 0 Å². The molecule has 298 valence electrons. The van der Waals surface area contributed by atoms with Gasteiger partial charge in [-0.05, 0) is 24.3 Å². The maximum atomic E-state index is 11.8. The van der Waals surface area contributed by atoms with Gasteiger partial charge in [-0.1, -0.05) is 36.4 Å². The van der Waals surface area contributed by atoms with E-state index in [1.165, 1.54) is 30.3 Å². The molecule has 0 aliphatic carbocycles. The average Bonchev–Trinajstić information content (AvgIpc) is 3.09. The third-order valence-corrected chi connectivity index (χ3v) is 14.7. The van der Waals surface area contributed by atoms with Gasteiger partial charge < -0.3 is 25.2 Å². The zero-order valence-corrected chi connectivity index (χ0v) is 46.6. The van der Waals surface area contributed by atoms with E-state index in [1.807, 2.05) is 0 Å². The van der Waals surface area contributed by atoms with Crippen LogP contribution in [0, 0.1) is 0 Å². The Kier molecular flexibility index (Phi) is 29.1. The molecule has 0 amide bonds. The Labute approximate surface area is 435 Å². The second kappa shape index (κ2) is 28.3. The molecule has 0 heterocycles. The summed E-state index contributed by atoms with van der Waals surface area (Å²) in [5, 5.41) is 0. The van der Waals surface area contributed by atoms with Crippen LogP contribution in [0.3, 0.4) is 0 Å². The standard InChI is InChI=1S/C18H14AsO12S4.2C6H5O3S.Bi.3Na/c20-32(21)31-17-8-7-14(11-18(17)35(28,29)30)19(12-3-1-5-15(9-12)33(22,23)24)13-4-2-6-16(10-13)34(25,26)27;2*7-10(8)9-6-4-2-1-3-5-6;;;;/h1-11H,(H,22,23,24)(H,25,26,27)(H,28,29,30);2*1-5H;;;;/q3*-1;+3;3*+1/p-3. The molecule has 0 spiro atoms. The van der Waals surface area contributed by atoms with Crippen LogP contribution >= 0.6 is 0 Å². The van der Waals surface area contributed by atoms with Crippen molar-refractivity contribution in [3.63, 3.8) is 0 Å². The van der Waals surface area contributed by atoms with Gasteiger partial charge in [0.05, 0.1) is 0 Å². The summed E-state index contributed by atoms with van der Waals surface area (Å²) in [6.45, 7) is 0. The number of rotatable bonds is 12. The van der Waals surface area contributed by atoms with E-state index in [0.29, 0.717) is 11.5 Å². The molecule has 0 aliphatic heterocycles. The topological polar surface area (TPSA) is 302 Å². The molecule has 5 aromatic rings. The first-order chi connectivity index (χ1) is 25.6. The minimum absolute atomic E-state index is 0. The van der Waals surface area contributed by atoms with E-state index in [4.69, 9.17) is 0 Å². The maximum Gasteiger partial charge on any atom is 3.00 e. The monoisotopic (exact) mass is 1210 g/mol. The number of para-hydroxylation sites is 2. The SMILES string of the molecule is O=[S-](=O)Oc1ccc([As](c2cccc(S(=O)(=O)[O-])c2)c2cccc(S(=O)(=O)[O-])c2)cc1S(=O)(=O)[O-].O=[S-](=O)Oc1ccccc1.O=[S-](=O)Oc1ccccc1.[Bi+3].[Na+].[Na+].[Na+]. The van der Waals surface area contributed by atoms with Gasteiger partial charge in [0.1, 0.15) is 33.5 Å². The zero-order valence-electron chi connectivity index (χ0n) is 30.3. The van der Waals surface area contributed by atoms with E-state index in [1.54, 1.807) is 60.7 Å². The molecule has 29 heteroatoms. The van der Waals surface area contributed by atoms with Crippen molar-refractivity contribution in [2.45, 2.75) is 14.7 Å². The number of hydrogen-bond acceptors (Lipinski definition) is 21. The fourth-order valence-electron chi connectivity index (χ4n) is 4.09. The molecular formula is C30H21AsBiNa3O18S6. The van der Waals surface area contributed by atoms with Gasteiger partial charge in [0.2, 0.25) is 0 Å². The van der Waals surface area contributed by atoms with Gasteiger partial charge >= 0.3 is 323 Å². The molecule has 0 saturated carbocycles. The third kappa shape index (κ3) is 21.6. The Morgan fingerprint density at radius 1 is 0.424 bits per heavy atom. The van der Waals surface area contributed by atoms with Crippen molar-refractivity contribution in [2.24, 2.45) is 0 Å². The summed E-state index contributed by atoms with van der Waals surface area (Å²) in [7, 11) is -23.3. The Morgan fingerprint density at radius 2 is 0.780 bits per heavy atom. The quantitative estimate of drug-likeness (QED) is 0.0637. The first-order valence-corrected chi connectivity index (χ1v) is 24.1. The molecule has 5 aromatic carbocycles. The molecule has 0 saturated heterocycles. The van der Waals surface area contributed by atoms with Crippen LogP contribution in [0.15, 0.2) is 142 Å². The molecule has 0 aromatic heterocycles. The summed E-state index contributed by atoms with van der Waals surface area (Å²) in [5.41, 5.74) is 0. The van der Waals surface area contributed by atoms with Crippen LogP contribution in [-0.4, -0.2) is 79.8 Å². The summed E-state index contributed by atoms with van der Waals surface area (Å²) < 4.78 is 180. The number of benzene rings is 5. The Bertz CT molecular complexity index is 2550. The predicted octanol–water partition coefficient (Wildman–Crippen LogP) is -8.27. The minimum Gasteiger partial charge on any atom is -0.533 e. The van der Waals surface area contributed by atoms with E-state index in [0.717, 1.165) is 36.4 Å².